The van der Waals surface area contributed by atoms with Gasteiger partial charge in [0.15, 0.2) is 0 Å². The van der Waals surface area contributed by atoms with E-state index >= 15 is 0 Å². The van der Waals surface area contributed by atoms with E-state index in [2.05, 4.69) is 4.74 Å². The number of ether oxygens (including phenoxy) is 2. The highest BCUT2D eigenvalue weighted by Crippen LogP contribution is 2.35. The van der Waals surface area contributed by atoms with Gasteiger partial charge in [0, 0.05) is 5.56 Å². The Morgan fingerprint density at radius 1 is 0.682 bits per heavy atom. The van der Waals surface area contributed by atoms with Gasteiger partial charge in [-0.2, -0.15) is 0 Å². The van der Waals surface area contributed by atoms with Crippen LogP contribution in [0.25, 0.3) is 11.8 Å². The van der Waals surface area contributed by atoms with E-state index in [1.54, 1.807) is 6.08 Å². The lowest BCUT2D eigenvalue weighted by Gasteiger charge is -2.00. The molecule has 0 fully saturated rings. The zero-order chi connectivity index (χ0) is 15.3. The van der Waals surface area contributed by atoms with Gasteiger partial charge in [-0.05, 0) is 23.8 Å². The quantitative estimate of drug-likeness (QED) is 0.597. The molecule has 0 aliphatic carbocycles. The summed E-state index contributed by atoms with van der Waals surface area (Å²) < 4.78 is 9.79. The maximum atomic E-state index is 12.0. The first-order valence-electron chi connectivity index (χ1n) is 6.57. The molecule has 0 amide bonds. The van der Waals surface area contributed by atoms with Gasteiger partial charge in [0.1, 0.15) is 5.76 Å². The molecule has 0 unspecified atom stereocenters. The summed E-state index contributed by atoms with van der Waals surface area (Å²) in [5.74, 6) is -1.65. The van der Waals surface area contributed by atoms with Crippen molar-refractivity contribution >= 4 is 29.7 Å². The molecule has 5 heteroatoms. The minimum absolute atomic E-state index is 0.0988. The van der Waals surface area contributed by atoms with E-state index in [0.29, 0.717) is 11.3 Å². The predicted molar refractivity (Wildman–Crippen MR) is 75.9 cm³/mol. The van der Waals surface area contributed by atoms with Crippen LogP contribution in [0.5, 0.6) is 0 Å². The molecule has 2 aromatic carbocycles. The van der Waals surface area contributed by atoms with Gasteiger partial charge in [-0.3, -0.25) is 0 Å². The Morgan fingerprint density at radius 2 is 1.23 bits per heavy atom. The lowest BCUT2D eigenvalue weighted by atomic mass is 9.99. The van der Waals surface area contributed by atoms with Crippen LogP contribution in [-0.2, 0) is 9.47 Å². The number of carbonyl (C=O) groups excluding carboxylic acids is 3. The van der Waals surface area contributed by atoms with E-state index in [9.17, 15) is 14.4 Å². The number of hydrogen-bond acceptors (Lipinski definition) is 5. The average molecular weight is 292 g/mol. The molecule has 2 aliphatic heterocycles. The van der Waals surface area contributed by atoms with Crippen molar-refractivity contribution in [2.75, 3.05) is 0 Å². The van der Waals surface area contributed by atoms with Crippen LogP contribution in [0.3, 0.4) is 0 Å². The van der Waals surface area contributed by atoms with Gasteiger partial charge in [0.25, 0.3) is 0 Å². The SMILES string of the molecule is O=C1OC(=O)c2cc3c(cc21)C(=O)OC3=Cc1ccccc1. The summed E-state index contributed by atoms with van der Waals surface area (Å²) in [6.45, 7) is 0. The first-order valence-corrected chi connectivity index (χ1v) is 6.57. The van der Waals surface area contributed by atoms with Crippen LogP contribution in [0.4, 0.5) is 0 Å². The first kappa shape index (κ1) is 12.5. The molecule has 2 aliphatic rings. The highest BCUT2D eigenvalue weighted by molar-refractivity contribution is 6.17. The number of carbonyl (C=O) groups is 3. The third kappa shape index (κ3) is 1.76. The summed E-state index contributed by atoms with van der Waals surface area (Å²) in [6, 6.07) is 12.2. The molecule has 2 aromatic rings. The smallest absolute Gasteiger partial charge is 0.346 e. The second kappa shape index (κ2) is 4.39. The maximum absolute atomic E-state index is 12.0. The zero-order valence-corrected chi connectivity index (χ0v) is 11.2. The fourth-order valence-electron chi connectivity index (χ4n) is 2.52. The molecule has 0 atom stereocenters. The molecule has 4 rings (SSSR count). The summed E-state index contributed by atoms with van der Waals surface area (Å²) >= 11 is 0. The minimum atomic E-state index is -0.740. The van der Waals surface area contributed by atoms with E-state index in [-0.39, 0.29) is 16.7 Å². The second-order valence-electron chi connectivity index (χ2n) is 4.93. The lowest BCUT2D eigenvalue weighted by Crippen LogP contribution is -1.98. The molecule has 0 saturated carbocycles. The van der Waals surface area contributed by atoms with Gasteiger partial charge in [-0.15, -0.1) is 0 Å². The van der Waals surface area contributed by atoms with E-state index in [0.717, 1.165) is 5.56 Å². The Kier molecular flexibility index (Phi) is 2.50. The molecule has 2 heterocycles. The van der Waals surface area contributed by atoms with Crippen LogP contribution in [0.1, 0.15) is 42.2 Å². The van der Waals surface area contributed by atoms with Crippen molar-refractivity contribution in [3.8, 4) is 0 Å². The van der Waals surface area contributed by atoms with Crippen molar-refractivity contribution in [1.82, 2.24) is 0 Å². The Morgan fingerprint density at radius 3 is 1.91 bits per heavy atom. The number of esters is 3. The van der Waals surface area contributed by atoms with E-state index in [1.165, 1.54) is 12.1 Å². The first-order chi connectivity index (χ1) is 10.6. The fourth-order valence-corrected chi connectivity index (χ4v) is 2.52. The summed E-state index contributed by atoms with van der Waals surface area (Å²) in [7, 11) is 0. The molecular formula is C17H8O5. The van der Waals surface area contributed by atoms with Crippen molar-refractivity contribution in [1.29, 1.82) is 0 Å². The molecule has 0 spiro atoms. The molecule has 0 saturated heterocycles. The van der Waals surface area contributed by atoms with Gasteiger partial charge < -0.3 is 9.47 Å². The molecule has 106 valence electrons. The topological polar surface area (TPSA) is 69.7 Å². The molecule has 22 heavy (non-hydrogen) atoms. The van der Waals surface area contributed by atoms with Crippen molar-refractivity contribution in [3.63, 3.8) is 0 Å². The maximum Gasteiger partial charge on any atom is 0.346 e. The van der Waals surface area contributed by atoms with Crippen molar-refractivity contribution < 1.29 is 23.9 Å². The van der Waals surface area contributed by atoms with Crippen LogP contribution in [-0.4, -0.2) is 17.9 Å². The van der Waals surface area contributed by atoms with Crippen LogP contribution < -0.4 is 0 Å². The second-order valence-corrected chi connectivity index (χ2v) is 4.93. The van der Waals surface area contributed by atoms with Crippen molar-refractivity contribution in [2.45, 2.75) is 0 Å². The third-order valence-corrected chi connectivity index (χ3v) is 3.57. The molecule has 0 aromatic heterocycles. The standard InChI is InChI=1S/C17H8O5/c18-15-11-8-13-12(16(19)22-17(13)20)7-10(11)14(21-15)6-9-4-2-1-3-5-9/h1-8H. The van der Waals surface area contributed by atoms with E-state index < -0.39 is 17.9 Å². The largest absolute Gasteiger partial charge is 0.422 e. The molecular weight excluding hydrogens is 284 g/mol. The van der Waals surface area contributed by atoms with Gasteiger partial charge >= 0.3 is 17.9 Å². The van der Waals surface area contributed by atoms with Gasteiger partial charge in [0.2, 0.25) is 0 Å². The molecule has 0 N–H and O–H groups in total. The van der Waals surface area contributed by atoms with Gasteiger partial charge in [-0.1, -0.05) is 30.3 Å². The highest BCUT2D eigenvalue weighted by Gasteiger charge is 2.36. The summed E-state index contributed by atoms with van der Waals surface area (Å²) in [4.78, 5) is 35.1. The van der Waals surface area contributed by atoms with E-state index in [4.69, 9.17) is 4.74 Å². The van der Waals surface area contributed by atoms with Gasteiger partial charge in [0.05, 0.1) is 16.7 Å². The number of fused-ring (bicyclic) bond motifs is 2. The lowest BCUT2D eigenvalue weighted by molar-refractivity contribution is 0.0443. The van der Waals surface area contributed by atoms with Crippen LogP contribution in [0, 0.1) is 0 Å². The highest BCUT2D eigenvalue weighted by atomic mass is 16.6. The number of rotatable bonds is 1. The molecule has 0 radical (unpaired) electrons. The third-order valence-electron chi connectivity index (χ3n) is 3.57. The Labute approximate surface area is 124 Å². The minimum Gasteiger partial charge on any atom is -0.422 e. The number of hydrogen-bond donors (Lipinski definition) is 0. The predicted octanol–water partition coefficient (Wildman–Crippen LogP) is 2.67. The van der Waals surface area contributed by atoms with Crippen LogP contribution in [0.2, 0.25) is 0 Å². The monoisotopic (exact) mass is 292 g/mol. The Hall–Kier alpha value is -3.21. The van der Waals surface area contributed by atoms with Crippen molar-refractivity contribution in [3.05, 3.63) is 70.3 Å². The molecule has 0 bridgehead atoms. The zero-order valence-electron chi connectivity index (χ0n) is 11.2. The summed E-state index contributed by atoms with van der Waals surface area (Å²) in [6.07, 6.45) is 1.71. The van der Waals surface area contributed by atoms with Crippen molar-refractivity contribution in [2.24, 2.45) is 0 Å². The number of cyclic esters (lactones) is 3. The Balaban J connectivity index is 1.89. The Bertz CT molecular complexity index is 877. The normalized spacial score (nSPS) is 17.3. The fraction of sp³-hybridized carbons (Fsp3) is 0. The average Bonchev–Trinajstić information content (AvgIpc) is 2.97. The summed E-state index contributed by atoms with van der Waals surface area (Å²) in [5, 5.41) is 0. The van der Waals surface area contributed by atoms with Crippen LogP contribution >= 0.6 is 0 Å². The molecule has 5 nitrogen and oxygen atoms in total. The number of benzene rings is 2. The van der Waals surface area contributed by atoms with Gasteiger partial charge in [-0.25, -0.2) is 14.4 Å². The van der Waals surface area contributed by atoms with E-state index in [1.807, 2.05) is 30.3 Å². The van der Waals surface area contributed by atoms with Crippen LogP contribution in [0.15, 0.2) is 42.5 Å². The summed E-state index contributed by atoms with van der Waals surface area (Å²) in [5.41, 5.74) is 1.85.